The van der Waals surface area contributed by atoms with Crippen LogP contribution in [0.15, 0.2) is 72.6 Å². The van der Waals surface area contributed by atoms with Gasteiger partial charge in [-0.2, -0.15) is 10.1 Å². The van der Waals surface area contributed by atoms with E-state index in [1.165, 1.54) is 0 Å². The lowest BCUT2D eigenvalue weighted by atomic mass is 9.84. The van der Waals surface area contributed by atoms with Crippen molar-refractivity contribution in [3.8, 4) is 23.0 Å². The summed E-state index contributed by atoms with van der Waals surface area (Å²) in [7, 11) is 3.32. The van der Waals surface area contributed by atoms with E-state index in [0.717, 1.165) is 45.0 Å². The highest BCUT2D eigenvalue weighted by atomic mass is 16.5. The summed E-state index contributed by atoms with van der Waals surface area (Å²) in [6.45, 7) is 4.59. The van der Waals surface area contributed by atoms with E-state index in [2.05, 4.69) is 40.5 Å². The molecule has 8 heteroatoms. The Morgan fingerprint density at radius 1 is 0.946 bits per heavy atom. The van der Waals surface area contributed by atoms with Crippen LogP contribution in [0, 0.1) is 6.92 Å². The van der Waals surface area contributed by atoms with Crippen LogP contribution in [0.4, 0.5) is 5.95 Å². The fourth-order valence-electron chi connectivity index (χ4n) is 5.09. The molecule has 0 spiro atoms. The molecule has 188 valence electrons. The van der Waals surface area contributed by atoms with E-state index < -0.39 is 0 Å². The average molecular weight is 497 g/mol. The third kappa shape index (κ3) is 3.85. The zero-order valence-electron chi connectivity index (χ0n) is 21.2. The predicted molar refractivity (Wildman–Crippen MR) is 140 cm³/mol. The Hall–Kier alpha value is -4.46. The molecule has 3 heterocycles. The number of fused-ring (bicyclic) bond motifs is 3. The lowest BCUT2D eigenvalue weighted by molar-refractivity contribution is 0.222. The van der Waals surface area contributed by atoms with Gasteiger partial charge in [0.1, 0.15) is 30.0 Å². The number of aromatic nitrogens is 3. The van der Waals surface area contributed by atoms with Gasteiger partial charge < -0.3 is 24.3 Å². The molecule has 1 aromatic heterocycles. The largest absolute Gasteiger partial charge is 0.497 e. The summed E-state index contributed by atoms with van der Waals surface area (Å²) < 4.78 is 25.5. The summed E-state index contributed by atoms with van der Waals surface area (Å²) in [6.07, 6.45) is 1.20. The minimum Gasteiger partial charge on any atom is -0.497 e. The highest BCUT2D eigenvalue weighted by Gasteiger charge is 2.41. The number of ether oxygens (including phenoxy) is 4. The molecular formula is C29H28N4O4. The van der Waals surface area contributed by atoms with E-state index in [9.17, 15) is 0 Å². The van der Waals surface area contributed by atoms with Crippen LogP contribution in [0.3, 0.4) is 0 Å². The number of aryl methyl sites for hydroxylation is 1. The van der Waals surface area contributed by atoms with Gasteiger partial charge in [-0.15, -0.1) is 0 Å². The number of nitrogens with zero attached hydrogens (tertiary/aromatic N) is 3. The second kappa shape index (κ2) is 9.20. The van der Waals surface area contributed by atoms with Crippen molar-refractivity contribution in [1.29, 1.82) is 0 Å². The molecule has 4 aromatic rings. The van der Waals surface area contributed by atoms with Gasteiger partial charge in [-0.25, -0.2) is 4.68 Å². The maximum absolute atomic E-state index is 6.72. The smallest absolute Gasteiger partial charge is 0.226 e. The van der Waals surface area contributed by atoms with Crippen LogP contribution >= 0.6 is 0 Å². The molecule has 0 radical (unpaired) electrons. The third-order valence-electron chi connectivity index (χ3n) is 6.79. The van der Waals surface area contributed by atoms with Gasteiger partial charge in [0.2, 0.25) is 5.95 Å². The number of anilines is 1. The first-order valence-corrected chi connectivity index (χ1v) is 12.2. The monoisotopic (exact) mass is 496 g/mol. The fraction of sp³-hybridized carbons (Fsp3) is 0.241. The van der Waals surface area contributed by atoms with Crippen molar-refractivity contribution in [2.45, 2.75) is 26.0 Å². The molecule has 2 aliphatic heterocycles. The number of rotatable bonds is 6. The molecule has 1 N–H and O–H groups in total. The van der Waals surface area contributed by atoms with Crippen molar-refractivity contribution in [1.82, 2.24) is 14.8 Å². The Kier molecular flexibility index (Phi) is 5.71. The molecule has 2 unspecified atom stereocenters. The number of benzene rings is 3. The second-order valence-corrected chi connectivity index (χ2v) is 9.00. The zero-order chi connectivity index (χ0) is 25.5. The van der Waals surface area contributed by atoms with Crippen LogP contribution in [0.1, 0.15) is 41.3 Å². The van der Waals surface area contributed by atoms with Crippen LogP contribution < -0.4 is 24.3 Å². The molecule has 3 aromatic carbocycles. The Balaban J connectivity index is 1.59. The van der Waals surface area contributed by atoms with E-state index in [-0.39, 0.29) is 12.1 Å². The molecular weight excluding hydrogens is 468 g/mol. The molecule has 0 saturated heterocycles. The highest BCUT2D eigenvalue weighted by Crippen LogP contribution is 2.51. The molecule has 2 atom stereocenters. The summed E-state index contributed by atoms with van der Waals surface area (Å²) in [5.74, 6) is 3.63. The standard InChI is InChI=1S/C29H28N4O4/c1-5-36-23-13-9-19(15-24(23)35-4)27-25-26(32-29-30-16-31-33(27)29)21-14-17(2)6-12-22(21)37-28(25)18-7-10-20(34-3)11-8-18/h6-16,27-28H,5H2,1-4H3,(H,30,31,32). The van der Waals surface area contributed by atoms with Gasteiger partial charge in [0.25, 0.3) is 0 Å². The summed E-state index contributed by atoms with van der Waals surface area (Å²) >= 11 is 0. The summed E-state index contributed by atoms with van der Waals surface area (Å²) in [5.41, 5.74) is 6.14. The maximum Gasteiger partial charge on any atom is 0.226 e. The zero-order valence-corrected chi connectivity index (χ0v) is 21.2. The lowest BCUT2D eigenvalue weighted by Gasteiger charge is -2.39. The number of nitrogens with one attached hydrogen (secondary N) is 1. The Labute approximate surface area is 215 Å². The van der Waals surface area contributed by atoms with Crippen LogP contribution in [-0.2, 0) is 0 Å². The average Bonchev–Trinajstić information content (AvgIpc) is 3.40. The van der Waals surface area contributed by atoms with Crippen molar-refractivity contribution < 1.29 is 18.9 Å². The molecule has 37 heavy (non-hydrogen) atoms. The van der Waals surface area contributed by atoms with Gasteiger partial charge in [-0.05, 0) is 61.4 Å². The molecule has 0 bridgehead atoms. The van der Waals surface area contributed by atoms with Crippen molar-refractivity contribution >= 4 is 11.6 Å². The fourth-order valence-corrected chi connectivity index (χ4v) is 5.09. The topological polar surface area (TPSA) is 79.7 Å². The SMILES string of the molecule is CCOc1ccc(C2C3=C(Nc4ncnn42)c2cc(C)ccc2OC3c2ccc(OC)cc2)cc1OC. The predicted octanol–water partition coefficient (Wildman–Crippen LogP) is 5.56. The second-order valence-electron chi connectivity index (χ2n) is 9.00. The summed E-state index contributed by atoms with van der Waals surface area (Å²) in [6, 6.07) is 19.9. The van der Waals surface area contributed by atoms with Crippen LogP contribution in [0.2, 0.25) is 0 Å². The van der Waals surface area contributed by atoms with Gasteiger partial charge in [0, 0.05) is 11.1 Å². The molecule has 0 amide bonds. The van der Waals surface area contributed by atoms with Crippen molar-refractivity contribution in [3.05, 3.63) is 94.8 Å². The Morgan fingerprint density at radius 3 is 2.51 bits per heavy atom. The van der Waals surface area contributed by atoms with E-state index in [4.69, 9.17) is 18.9 Å². The minimum absolute atomic E-state index is 0.293. The Bertz CT molecular complexity index is 1490. The van der Waals surface area contributed by atoms with Crippen LogP contribution in [-0.4, -0.2) is 35.6 Å². The van der Waals surface area contributed by atoms with Gasteiger partial charge >= 0.3 is 0 Å². The molecule has 0 fully saturated rings. The summed E-state index contributed by atoms with van der Waals surface area (Å²) in [5, 5.41) is 8.16. The normalized spacial score (nSPS) is 17.6. The van der Waals surface area contributed by atoms with E-state index in [1.54, 1.807) is 20.5 Å². The van der Waals surface area contributed by atoms with Gasteiger partial charge in [0.15, 0.2) is 11.5 Å². The first-order chi connectivity index (χ1) is 18.1. The lowest BCUT2D eigenvalue weighted by Crippen LogP contribution is -2.32. The minimum atomic E-state index is -0.372. The van der Waals surface area contributed by atoms with Gasteiger partial charge in [-0.3, -0.25) is 0 Å². The quantitative estimate of drug-likeness (QED) is 0.374. The van der Waals surface area contributed by atoms with Crippen LogP contribution in [0.25, 0.3) is 5.70 Å². The van der Waals surface area contributed by atoms with E-state index in [1.807, 2.05) is 54.1 Å². The molecule has 6 rings (SSSR count). The first kappa shape index (κ1) is 23.0. The summed E-state index contributed by atoms with van der Waals surface area (Å²) in [4.78, 5) is 4.52. The van der Waals surface area contributed by atoms with Crippen molar-refractivity contribution in [3.63, 3.8) is 0 Å². The van der Waals surface area contributed by atoms with Gasteiger partial charge in [0.05, 0.1) is 26.5 Å². The van der Waals surface area contributed by atoms with E-state index in [0.29, 0.717) is 24.1 Å². The van der Waals surface area contributed by atoms with Crippen LogP contribution in [0.5, 0.6) is 23.0 Å². The number of hydrogen-bond donors (Lipinski definition) is 1. The molecule has 0 saturated carbocycles. The van der Waals surface area contributed by atoms with Crippen molar-refractivity contribution in [2.24, 2.45) is 0 Å². The van der Waals surface area contributed by atoms with Crippen molar-refractivity contribution in [2.75, 3.05) is 26.1 Å². The molecule has 0 aliphatic carbocycles. The maximum atomic E-state index is 6.72. The number of methoxy groups -OCH3 is 2. The highest BCUT2D eigenvalue weighted by molar-refractivity contribution is 5.85. The Morgan fingerprint density at radius 2 is 1.76 bits per heavy atom. The number of hydrogen-bond acceptors (Lipinski definition) is 7. The molecule has 2 aliphatic rings. The van der Waals surface area contributed by atoms with E-state index >= 15 is 0 Å². The third-order valence-corrected chi connectivity index (χ3v) is 6.79. The first-order valence-electron chi connectivity index (χ1n) is 12.2. The van der Waals surface area contributed by atoms with Gasteiger partial charge in [-0.1, -0.05) is 29.8 Å². The molecule has 8 nitrogen and oxygen atoms in total.